The first-order valence-corrected chi connectivity index (χ1v) is 11.2. The molecule has 8 heteroatoms. The minimum atomic E-state index is -0.471. The van der Waals surface area contributed by atoms with Gasteiger partial charge in [0.15, 0.2) is 4.34 Å². The van der Waals surface area contributed by atoms with E-state index in [0.717, 1.165) is 20.1 Å². The number of amides is 2. The van der Waals surface area contributed by atoms with Crippen molar-refractivity contribution in [3.8, 4) is 0 Å². The SMILES string of the molecule is Cc1cccc(C(=O)Nc2ccc3nc(SCC(=O)Nc4ccccc4F)sc3c2)c1. The molecule has 2 N–H and O–H groups in total. The molecule has 1 heterocycles. The molecule has 156 valence electrons. The van der Waals surface area contributed by atoms with Crippen molar-refractivity contribution in [3.05, 3.63) is 83.7 Å². The zero-order chi connectivity index (χ0) is 21.8. The third-order valence-electron chi connectivity index (χ3n) is 4.38. The second-order valence-electron chi connectivity index (χ2n) is 6.80. The van der Waals surface area contributed by atoms with Crippen LogP contribution in [-0.2, 0) is 4.79 Å². The molecule has 0 aliphatic rings. The molecule has 0 radical (unpaired) electrons. The van der Waals surface area contributed by atoms with E-state index < -0.39 is 5.82 Å². The van der Waals surface area contributed by atoms with Crippen LogP contribution in [0.15, 0.2) is 71.1 Å². The van der Waals surface area contributed by atoms with Gasteiger partial charge in [-0.05, 0) is 49.4 Å². The Morgan fingerprint density at radius 2 is 1.87 bits per heavy atom. The van der Waals surface area contributed by atoms with Gasteiger partial charge in [0.2, 0.25) is 5.91 Å². The Morgan fingerprint density at radius 3 is 2.68 bits per heavy atom. The summed E-state index contributed by atoms with van der Waals surface area (Å²) in [5.74, 6) is -0.834. The zero-order valence-corrected chi connectivity index (χ0v) is 18.1. The van der Waals surface area contributed by atoms with Crippen LogP contribution in [0.5, 0.6) is 0 Å². The standard InChI is InChI=1S/C23H18FN3O2S2/c1-14-5-4-6-15(11-14)22(29)25-16-9-10-19-20(12-16)31-23(27-19)30-13-21(28)26-18-8-3-2-7-17(18)24/h2-12H,13H2,1H3,(H,25,29)(H,26,28). The van der Waals surface area contributed by atoms with Gasteiger partial charge in [0.25, 0.3) is 5.91 Å². The molecule has 0 saturated heterocycles. The maximum absolute atomic E-state index is 13.6. The topological polar surface area (TPSA) is 71.1 Å². The van der Waals surface area contributed by atoms with Crippen LogP contribution in [0.1, 0.15) is 15.9 Å². The fourth-order valence-electron chi connectivity index (χ4n) is 2.91. The predicted octanol–water partition coefficient (Wildman–Crippen LogP) is 5.73. The number of halogens is 1. The van der Waals surface area contributed by atoms with Crippen molar-refractivity contribution in [1.29, 1.82) is 0 Å². The van der Waals surface area contributed by atoms with Crippen molar-refractivity contribution < 1.29 is 14.0 Å². The normalized spacial score (nSPS) is 10.8. The first kappa shape index (κ1) is 21.0. The minimum Gasteiger partial charge on any atom is -0.323 e. The summed E-state index contributed by atoms with van der Waals surface area (Å²) in [7, 11) is 0. The largest absolute Gasteiger partial charge is 0.323 e. The maximum atomic E-state index is 13.6. The number of benzene rings is 3. The van der Waals surface area contributed by atoms with Gasteiger partial charge >= 0.3 is 0 Å². The monoisotopic (exact) mass is 451 g/mol. The average molecular weight is 452 g/mol. The van der Waals surface area contributed by atoms with E-state index in [1.165, 1.54) is 35.2 Å². The molecule has 4 rings (SSSR count). The summed E-state index contributed by atoms with van der Waals surface area (Å²) in [5, 5.41) is 5.46. The molecule has 0 spiro atoms. The highest BCUT2D eigenvalue weighted by Crippen LogP contribution is 2.31. The molecule has 1 aromatic heterocycles. The van der Waals surface area contributed by atoms with Crippen molar-refractivity contribution in [2.45, 2.75) is 11.3 Å². The van der Waals surface area contributed by atoms with Crippen LogP contribution in [0.4, 0.5) is 15.8 Å². The number of hydrogen-bond acceptors (Lipinski definition) is 5. The van der Waals surface area contributed by atoms with Crippen molar-refractivity contribution >= 4 is 56.5 Å². The van der Waals surface area contributed by atoms with Crippen LogP contribution < -0.4 is 10.6 Å². The summed E-state index contributed by atoms with van der Waals surface area (Å²) in [6.07, 6.45) is 0. The number of anilines is 2. The Labute approximate surface area is 186 Å². The van der Waals surface area contributed by atoms with E-state index in [-0.39, 0.29) is 23.3 Å². The van der Waals surface area contributed by atoms with Crippen LogP contribution in [0.2, 0.25) is 0 Å². The number of para-hydroxylation sites is 1. The molecular weight excluding hydrogens is 433 g/mol. The molecule has 31 heavy (non-hydrogen) atoms. The number of hydrogen-bond donors (Lipinski definition) is 2. The van der Waals surface area contributed by atoms with Gasteiger partial charge in [-0.1, -0.05) is 41.6 Å². The number of aromatic nitrogens is 1. The first-order chi connectivity index (χ1) is 15.0. The van der Waals surface area contributed by atoms with Gasteiger partial charge < -0.3 is 10.6 Å². The lowest BCUT2D eigenvalue weighted by Crippen LogP contribution is -2.14. The number of thiazole rings is 1. The van der Waals surface area contributed by atoms with Gasteiger partial charge in [-0.2, -0.15) is 0 Å². The Kier molecular flexibility index (Phi) is 6.29. The fourth-order valence-corrected chi connectivity index (χ4v) is 4.82. The summed E-state index contributed by atoms with van der Waals surface area (Å²) in [4.78, 5) is 29.1. The van der Waals surface area contributed by atoms with E-state index in [4.69, 9.17) is 0 Å². The molecule has 0 aliphatic carbocycles. The molecule has 0 bridgehead atoms. The number of fused-ring (bicyclic) bond motifs is 1. The molecule has 3 aromatic carbocycles. The Balaban J connectivity index is 1.40. The first-order valence-electron chi connectivity index (χ1n) is 9.44. The summed E-state index contributed by atoms with van der Waals surface area (Å²) >= 11 is 2.72. The lowest BCUT2D eigenvalue weighted by Gasteiger charge is -2.05. The summed E-state index contributed by atoms with van der Waals surface area (Å²) < 4.78 is 15.3. The molecule has 0 saturated carbocycles. The quantitative estimate of drug-likeness (QED) is 0.368. The molecule has 2 amide bonds. The van der Waals surface area contributed by atoms with Gasteiger partial charge in [-0.25, -0.2) is 9.37 Å². The number of aryl methyl sites for hydroxylation is 1. The second-order valence-corrected chi connectivity index (χ2v) is 9.06. The Morgan fingerprint density at radius 1 is 1.03 bits per heavy atom. The smallest absolute Gasteiger partial charge is 0.255 e. The molecule has 4 aromatic rings. The van der Waals surface area contributed by atoms with Crippen molar-refractivity contribution in [1.82, 2.24) is 4.98 Å². The van der Waals surface area contributed by atoms with Gasteiger partial charge in [0.05, 0.1) is 21.7 Å². The Hall–Kier alpha value is -3.23. The van der Waals surface area contributed by atoms with Gasteiger partial charge in [0, 0.05) is 11.3 Å². The van der Waals surface area contributed by atoms with E-state index in [0.29, 0.717) is 11.3 Å². The van der Waals surface area contributed by atoms with Gasteiger partial charge in [-0.15, -0.1) is 11.3 Å². The number of thioether (sulfide) groups is 1. The van der Waals surface area contributed by atoms with Gasteiger partial charge in [0.1, 0.15) is 5.82 Å². The third-order valence-corrected chi connectivity index (χ3v) is 6.54. The lowest BCUT2D eigenvalue weighted by atomic mass is 10.1. The molecule has 5 nitrogen and oxygen atoms in total. The van der Waals surface area contributed by atoms with E-state index in [9.17, 15) is 14.0 Å². The summed E-state index contributed by atoms with van der Waals surface area (Å²) in [6, 6.07) is 18.9. The van der Waals surface area contributed by atoms with Crippen molar-refractivity contribution in [2.24, 2.45) is 0 Å². The average Bonchev–Trinajstić information content (AvgIpc) is 3.16. The van der Waals surface area contributed by atoms with Crippen LogP contribution in [0, 0.1) is 12.7 Å². The molecule has 0 aliphatic heterocycles. The number of carbonyl (C=O) groups is 2. The van der Waals surface area contributed by atoms with Crippen LogP contribution >= 0.6 is 23.1 Å². The van der Waals surface area contributed by atoms with Crippen LogP contribution in [0.3, 0.4) is 0 Å². The van der Waals surface area contributed by atoms with Crippen LogP contribution in [-0.4, -0.2) is 22.6 Å². The highest BCUT2D eigenvalue weighted by molar-refractivity contribution is 8.01. The van der Waals surface area contributed by atoms with E-state index in [2.05, 4.69) is 15.6 Å². The maximum Gasteiger partial charge on any atom is 0.255 e. The van der Waals surface area contributed by atoms with E-state index >= 15 is 0 Å². The Bertz CT molecular complexity index is 1270. The number of nitrogens with one attached hydrogen (secondary N) is 2. The second kappa shape index (κ2) is 9.28. The third kappa shape index (κ3) is 5.28. The molecule has 0 atom stereocenters. The van der Waals surface area contributed by atoms with Crippen molar-refractivity contribution in [3.63, 3.8) is 0 Å². The number of nitrogens with zero attached hydrogens (tertiary/aromatic N) is 1. The highest BCUT2D eigenvalue weighted by atomic mass is 32.2. The van der Waals surface area contributed by atoms with Crippen molar-refractivity contribution in [2.75, 3.05) is 16.4 Å². The fraction of sp³-hybridized carbons (Fsp3) is 0.0870. The molecule has 0 fully saturated rings. The minimum absolute atomic E-state index is 0.116. The molecular formula is C23H18FN3O2S2. The van der Waals surface area contributed by atoms with Crippen LogP contribution in [0.25, 0.3) is 10.2 Å². The number of rotatable bonds is 6. The summed E-state index contributed by atoms with van der Waals surface area (Å²) in [5.41, 5.74) is 3.24. The zero-order valence-electron chi connectivity index (χ0n) is 16.5. The van der Waals surface area contributed by atoms with E-state index in [1.807, 2.05) is 37.3 Å². The number of carbonyl (C=O) groups excluding carboxylic acids is 2. The predicted molar refractivity (Wildman–Crippen MR) is 125 cm³/mol. The van der Waals surface area contributed by atoms with Gasteiger partial charge in [-0.3, -0.25) is 9.59 Å². The molecule has 0 unspecified atom stereocenters. The highest BCUT2D eigenvalue weighted by Gasteiger charge is 2.12. The lowest BCUT2D eigenvalue weighted by molar-refractivity contribution is -0.113. The van der Waals surface area contributed by atoms with E-state index in [1.54, 1.807) is 24.3 Å². The summed E-state index contributed by atoms with van der Waals surface area (Å²) in [6.45, 7) is 1.94.